The molecule has 0 aliphatic rings. The van der Waals surface area contributed by atoms with E-state index < -0.39 is 0 Å². The molecule has 25 heavy (non-hydrogen) atoms. The van der Waals surface area contributed by atoms with Gasteiger partial charge in [0.1, 0.15) is 6.29 Å². The Morgan fingerprint density at radius 2 is 2.04 bits per heavy atom. The third-order valence-corrected chi connectivity index (χ3v) is 3.70. The number of unbranched alkanes of at least 4 members (excludes halogenated alkanes) is 1. The molecule has 2 aromatic rings. The fourth-order valence-electron chi connectivity index (χ4n) is 2.45. The predicted octanol–water partition coefficient (Wildman–Crippen LogP) is 3.19. The Morgan fingerprint density at radius 3 is 2.76 bits per heavy atom. The van der Waals surface area contributed by atoms with E-state index in [4.69, 9.17) is 0 Å². The first kappa shape index (κ1) is 18.3. The fraction of sp³-hybridized carbons (Fsp3) is 0.263. The molecule has 0 atom stereocenters. The topological polar surface area (TPSA) is 88.2 Å². The van der Waals surface area contributed by atoms with Crippen molar-refractivity contribution in [3.05, 3.63) is 42.2 Å². The second-order valence-corrected chi connectivity index (χ2v) is 5.58. The van der Waals surface area contributed by atoms with Gasteiger partial charge in [0, 0.05) is 36.0 Å². The number of amides is 2. The number of hydrogen-bond acceptors (Lipinski definition) is 4. The van der Waals surface area contributed by atoms with Crippen LogP contribution >= 0.6 is 0 Å². The maximum atomic E-state index is 12.1. The monoisotopic (exact) mass is 339 g/mol. The number of nitrogens with one attached hydrogen (secondary N) is 2. The number of anilines is 2. The molecule has 0 bridgehead atoms. The van der Waals surface area contributed by atoms with Crippen molar-refractivity contribution < 1.29 is 14.4 Å². The van der Waals surface area contributed by atoms with Gasteiger partial charge in [-0.05, 0) is 36.2 Å². The van der Waals surface area contributed by atoms with Gasteiger partial charge in [-0.1, -0.05) is 19.4 Å². The summed E-state index contributed by atoms with van der Waals surface area (Å²) in [6.45, 7) is 2.03. The quantitative estimate of drug-likeness (QED) is 0.687. The van der Waals surface area contributed by atoms with E-state index in [0.29, 0.717) is 29.9 Å². The zero-order valence-electron chi connectivity index (χ0n) is 14.1. The third kappa shape index (κ3) is 5.24. The van der Waals surface area contributed by atoms with Crippen molar-refractivity contribution in [1.29, 1.82) is 0 Å². The second-order valence-electron chi connectivity index (χ2n) is 5.58. The van der Waals surface area contributed by atoms with Crippen LogP contribution in [0.15, 0.2) is 36.5 Å². The van der Waals surface area contributed by atoms with Crippen LogP contribution in [-0.4, -0.2) is 23.6 Å². The molecule has 0 aliphatic carbocycles. The molecule has 1 heterocycles. The van der Waals surface area contributed by atoms with Crippen LogP contribution in [0.5, 0.6) is 0 Å². The molecule has 2 N–H and O–H groups in total. The highest BCUT2D eigenvalue weighted by atomic mass is 16.1. The number of carbonyl (C=O) groups is 3. The highest BCUT2D eigenvalue weighted by Gasteiger charge is 2.11. The summed E-state index contributed by atoms with van der Waals surface area (Å²) < 4.78 is 0. The largest absolute Gasteiger partial charge is 0.329 e. The smallest absolute Gasteiger partial charge is 0.224 e. The van der Waals surface area contributed by atoms with Crippen LogP contribution in [0.4, 0.5) is 11.4 Å². The molecule has 130 valence electrons. The highest BCUT2D eigenvalue weighted by molar-refractivity contribution is 5.96. The molecule has 2 rings (SSSR count). The molecule has 0 saturated heterocycles. The first-order valence-electron chi connectivity index (χ1n) is 8.21. The Labute approximate surface area is 146 Å². The number of nitrogens with zero attached hydrogens (tertiary/aromatic N) is 1. The van der Waals surface area contributed by atoms with Crippen LogP contribution < -0.4 is 10.6 Å². The Hall–Kier alpha value is -3.02. The van der Waals surface area contributed by atoms with E-state index in [1.807, 2.05) is 25.1 Å². The number of aromatic nitrogens is 1. The molecule has 0 unspecified atom stereocenters. The fourth-order valence-corrected chi connectivity index (χ4v) is 2.45. The van der Waals surface area contributed by atoms with Crippen LogP contribution in [0.3, 0.4) is 0 Å². The minimum atomic E-state index is -0.0754. The Kier molecular flexibility index (Phi) is 6.83. The normalized spacial score (nSPS) is 10.1. The maximum absolute atomic E-state index is 12.1. The zero-order valence-corrected chi connectivity index (χ0v) is 14.1. The summed E-state index contributed by atoms with van der Waals surface area (Å²) in [6, 6.07) is 8.93. The van der Waals surface area contributed by atoms with Gasteiger partial charge in [0.15, 0.2) is 0 Å². The molecule has 0 fully saturated rings. The first-order valence-corrected chi connectivity index (χ1v) is 8.21. The van der Waals surface area contributed by atoms with Crippen LogP contribution in [0, 0.1) is 0 Å². The molecule has 6 heteroatoms. The van der Waals surface area contributed by atoms with Gasteiger partial charge in [-0.2, -0.15) is 0 Å². The summed E-state index contributed by atoms with van der Waals surface area (Å²) >= 11 is 0. The Balaban J connectivity index is 2.38. The van der Waals surface area contributed by atoms with E-state index in [0.717, 1.165) is 30.3 Å². The SMILES string of the molecule is CCCCC(=O)Nc1cc(NC=O)ccc1-c1ccnc(CC=O)c1. The predicted molar refractivity (Wildman–Crippen MR) is 97.3 cm³/mol. The van der Waals surface area contributed by atoms with Gasteiger partial charge in [-0.3, -0.25) is 14.6 Å². The zero-order chi connectivity index (χ0) is 18.1. The number of pyridine rings is 1. The summed E-state index contributed by atoms with van der Waals surface area (Å²) in [5, 5.41) is 5.49. The maximum Gasteiger partial charge on any atom is 0.224 e. The standard InChI is InChI=1S/C19H21N3O3/c1-2-3-4-19(25)22-18-12-15(21-13-24)5-6-17(18)14-7-9-20-16(11-14)8-10-23/h5-7,9-13H,2-4,8H2,1H3,(H,21,24)(H,22,25). The molecule has 1 aromatic heterocycles. The van der Waals surface area contributed by atoms with E-state index in [-0.39, 0.29) is 12.3 Å². The van der Waals surface area contributed by atoms with Gasteiger partial charge in [-0.15, -0.1) is 0 Å². The molecule has 1 aromatic carbocycles. The van der Waals surface area contributed by atoms with Gasteiger partial charge < -0.3 is 15.4 Å². The van der Waals surface area contributed by atoms with Crippen molar-refractivity contribution >= 4 is 30.0 Å². The number of benzene rings is 1. The lowest BCUT2D eigenvalue weighted by Crippen LogP contribution is -2.12. The van der Waals surface area contributed by atoms with E-state index in [9.17, 15) is 14.4 Å². The van der Waals surface area contributed by atoms with Crippen LogP contribution in [-0.2, 0) is 20.8 Å². The second kappa shape index (κ2) is 9.32. The molecular weight excluding hydrogens is 318 g/mol. The first-order chi connectivity index (χ1) is 12.2. The number of rotatable bonds is 9. The molecule has 6 nitrogen and oxygen atoms in total. The van der Waals surface area contributed by atoms with E-state index >= 15 is 0 Å². The average molecular weight is 339 g/mol. The van der Waals surface area contributed by atoms with Crippen molar-refractivity contribution in [3.8, 4) is 11.1 Å². The van der Waals surface area contributed by atoms with Crippen molar-refractivity contribution in [3.63, 3.8) is 0 Å². The van der Waals surface area contributed by atoms with Crippen molar-refractivity contribution in [2.24, 2.45) is 0 Å². The summed E-state index contributed by atoms with van der Waals surface area (Å²) in [6.07, 6.45) is 5.45. The van der Waals surface area contributed by atoms with Crippen LogP contribution in [0.1, 0.15) is 31.9 Å². The lowest BCUT2D eigenvalue weighted by Gasteiger charge is -2.13. The Morgan fingerprint density at radius 1 is 1.20 bits per heavy atom. The van der Waals surface area contributed by atoms with Gasteiger partial charge in [0.05, 0.1) is 5.69 Å². The molecule has 0 radical (unpaired) electrons. The minimum absolute atomic E-state index is 0.0754. The van der Waals surface area contributed by atoms with E-state index in [2.05, 4.69) is 15.6 Å². The van der Waals surface area contributed by atoms with E-state index in [1.165, 1.54) is 0 Å². The lowest BCUT2D eigenvalue weighted by molar-refractivity contribution is -0.116. The van der Waals surface area contributed by atoms with Crippen molar-refractivity contribution in [2.75, 3.05) is 10.6 Å². The van der Waals surface area contributed by atoms with Crippen molar-refractivity contribution in [2.45, 2.75) is 32.6 Å². The number of hydrogen-bond donors (Lipinski definition) is 2. The minimum Gasteiger partial charge on any atom is -0.329 e. The van der Waals surface area contributed by atoms with Gasteiger partial charge in [-0.25, -0.2) is 0 Å². The molecule has 0 aliphatic heterocycles. The number of carbonyl (C=O) groups excluding carboxylic acids is 3. The van der Waals surface area contributed by atoms with Gasteiger partial charge in [0.2, 0.25) is 12.3 Å². The van der Waals surface area contributed by atoms with Gasteiger partial charge >= 0.3 is 0 Å². The molecule has 0 saturated carbocycles. The van der Waals surface area contributed by atoms with Crippen molar-refractivity contribution in [1.82, 2.24) is 4.98 Å². The highest BCUT2D eigenvalue weighted by Crippen LogP contribution is 2.31. The summed E-state index contributed by atoms with van der Waals surface area (Å²) in [7, 11) is 0. The van der Waals surface area contributed by atoms with Crippen LogP contribution in [0.2, 0.25) is 0 Å². The molecular formula is C19H21N3O3. The van der Waals surface area contributed by atoms with Gasteiger partial charge in [0.25, 0.3) is 0 Å². The van der Waals surface area contributed by atoms with E-state index in [1.54, 1.807) is 18.3 Å². The Bertz CT molecular complexity index is 759. The molecule has 0 spiro atoms. The average Bonchev–Trinajstić information content (AvgIpc) is 2.61. The number of aldehydes is 1. The summed E-state index contributed by atoms with van der Waals surface area (Å²) in [5.74, 6) is -0.0754. The third-order valence-electron chi connectivity index (χ3n) is 3.70. The van der Waals surface area contributed by atoms with Crippen LogP contribution in [0.25, 0.3) is 11.1 Å². The molecule has 2 amide bonds. The summed E-state index contributed by atoms with van der Waals surface area (Å²) in [4.78, 5) is 37.7. The summed E-state index contributed by atoms with van der Waals surface area (Å²) in [5.41, 5.74) is 3.50. The lowest BCUT2D eigenvalue weighted by atomic mass is 10.0.